The van der Waals surface area contributed by atoms with Crippen molar-refractivity contribution in [1.82, 2.24) is 10.5 Å². The topological polar surface area (TPSA) is 67.6 Å². The highest BCUT2D eigenvalue weighted by molar-refractivity contribution is 5.69. The Labute approximate surface area is 90.9 Å². The molecule has 1 aliphatic rings. The van der Waals surface area contributed by atoms with Gasteiger partial charge in [-0.25, -0.2) is 5.84 Å². The van der Waals surface area contributed by atoms with Gasteiger partial charge in [-0.2, -0.15) is 0 Å². The molecule has 0 radical (unpaired) electrons. The highest BCUT2D eigenvalue weighted by atomic mass is 16.7. The van der Waals surface area contributed by atoms with E-state index in [4.69, 9.17) is 5.84 Å². The molecule has 5 heteroatoms. The molecule has 0 aromatic rings. The lowest BCUT2D eigenvalue weighted by Crippen LogP contribution is -2.44. The van der Waals surface area contributed by atoms with Crippen molar-refractivity contribution in [1.29, 1.82) is 0 Å². The molecule has 88 valence electrons. The highest BCUT2D eigenvalue weighted by Crippen LogP contribution is 2.22. The van der Waals surface area contributed by atoms with Gasteiger partial charge in [0.2, 0.25) is 0 Å². The monoisotopic (exact) mass is 215 g/mol. The fourth-order valence-electron chi connectivity index (χ4n) is 2.25. The van der Waals surface area contributed by atoms with E-state index in [0.717, 1.165) is 6.54 Å². The summed E-state index contributed by atoms with van der Waals surface area (Å²) in [7, 11) is 0. The fraction of sp³-hybridized carbons (Fsp3) is 0.900. The van der Waals surface area contributed by atoms with Crippen LogP contribution in [-0.4, -0.2) is 29.5 Å². The van der Waals surface area contributed by atoms with E-state index in [9.17, 15) is 4.79 Å². The van der Waals surface area contributed by atoms with E-state index in [2.05, 4.69) is 23.6 Å². The van der Waals surface area contributed by atoms with Crippen LogP contribution in [0.5, 0.6) is 0 Å². The summed E-state index contributed by atoms with van der Waals surface area (Å²) in [4.78, 5) is 17.9. The third kappa shape index (κ3) is 3.77. The highest BCUT2D eigenvalue weighted by Gasteiger charge is 2.24. The molecule has 0 spiro atoms. The van der Waals surface area contributed by atoms with Gasteiger partial charge in [-0.05, 0) is 26.7 Å². The van der Waals surface area contributed by atoms with Crippen LogP contribution in [0.3, 0.4) is 0 Å². The van der Waals surface area contributed by atoms with Gasteiger partial charge in [-0.15, -0.1) is 0 Å². The zero-order valence-electron chi connectivity index (χ0n) is 9.53. The Kier molecular flexibility index (Phi) is 5.01. The molecule has 0 amide bonds. The Morgan fingerprint density at radius 2 is 2.07 bits per heavy atom. The molecule has 5 nitrogen and oxygen atoms in total. The van der Waals surface area contributed by atoms with Crippen LogP contribution in [0.15, 0.2) is 0 Å². The van der Waals surface area contributed by atoms with Crippen LogP contribution < -0.4 is 11.4 Å². The first-order valence-electron chi connectivity index (χ1n) is 5.56. The summed E-state index contributed by atoms with van der Waals surface area (Å²) in [6, 6.07) is 1.12. The number of nitrogens with one attached hydrogen (secondary N) is 1. The van der Waals surface area contributed by atoms with E-state index in [0.29, 0.717) is 18.5 Å². The third-order valence-electron chi connectivity index (χ3n) is 3.12. The summed E-state index contributed by atoms with van der Waals surface area (Å²) in [6.45, 7) is 5.17. The van der Waals surface area contributed by atoms with Gasteiger partial charge in [0.1, 0.15) is 0 Å². The van der Waals surface area contributed by atoms with E-state index in [1.807, 2.05) is 5.59 Å². The minimum Gasteiger partial charge on any atom is -0.356 e. The van der Waals surface area contributed by atoms with Crippen molar-refractivity contribution in [3.63, 3.8) is 0 Å². The van der Waals surface area contributed by atoms with E-state index in [-0.39, 0.29) is 5.97 Å². The Morgan fingerprint density at radius 1 is 1.47 bits per heavy atom. The van der Waals surface area contributed by atoms with Gasteiger partial charge in [-0.1, -0.05) is 12.0 Å². The fourth-order valence-corrected chi connectivity index (χ4v) is 2.25. The van der Waals surface area contributed by atoms with E-state index in [1.54, 1.807) is 0 Å². The van der Waals surface area contributed by atoms with Crippen molar-refractivity contribution in [3.05, 3.63) is 0 Å². The number of carbonyl (C=O) groups excluding carboxylic acids is 1. The molecule has 1 fully saturated rings. The summed E-state index contributed by atoms with van der Waals surface area (Å²) in [5.41, 5.74) is 1.91. The van der Waals surface area contributed by atoms with Crippen LogP contribution in [0.25, 0.3) is 0 Å². The molecule has 1 saturated heterocycles. The molecule has 0 saturated carbocycles. The molecule has 2 unspecified atom stereocenters. The predicted octanol–water partition coefficient (Wildman–Crippen LogP) is 0.561. The Morgan fingerprint density at radius 3 is 2.60 bits per heavy atom. The number of hydrogen-bond donors (Lipinski definition) is 2. The number of rotatable bonds is 4. The van der Waals surface area contributed by atoms with Gasteiger partial charge >= 0.3 is 5.97 Å². The second kappa shape index (κ2) is 6.05. The van der Waals surface area contributed by atoms with Gasteiger partial charge in [0, 0.05) is 18.6 Å². The lowest BCUT2D eigenvalue weighted by atomic mass is 9.97. The van der Waals surface area contributed by atoms with Gasteiger partial charge in [0.15, 0.2) is 0 Å². The van der Waals surface area contributed by atoms with Crippen molar-refractivity contribution in [2.75, 3.05) is 6.54 Å². The minimum absolute atomic E-state index is 0.303. The first-order chi connectivity index (χ1) is 7.15. The molecule has 1 rings (SSSR count). The van der Waals surface area contributed by atoms with Crippen molar-refractivity contribution in [3.8, 4) is 0 Å². The molecule has 1 heterocycles. The van der Waals surface area contributed by atoms with Crippen LogP contribution in [0.1, 0.15) is 39.5 Å². The molecule has 0 aliphatic carbocycles. The number of hydrazine groups is 1. The summed E-state index contributed by atoms with van der Waals surface area (Å²) >= 11 is 0. The average molecular weight is 215 g/mol. The second-order valence-electron chi connectivity index (χ2n) is 4.21. The summed E-state index contributed by atoms with van der Waals surface area (Å²) in [6.07, 6.45) is 4.11. The zero-order chi connectivity index (χ0) is 11.3. The molecular formula is C10H21N3O2. The Hall–Kier alpha value is -0.650. The first-order valence-corrected chi connectivity index (χ1v) is 5.56. The van der Waals surface area contributed by atoms with Crippen molar-refractivity contribution in [2.45, 2.75) is 51.6 Å². The number of carbonyl (C=O) groups is 1. The molecule has 0 aromatic heterocycles. The molecule has 15 heavy (non-hydrogen) atoms. The lowest BCUT2D eigenvalue weighted by molar-refractivity contribution is -0.151. The van der Waals surface area contributed by atoms with E-state index in [1.165, 1.54) is 19.3 Å². The van der Waals surface area contributed by atoms with Gasteiger partial charge in [-0.3, -0.25) is 9.69 Å². The second-order valence-corrected chi connectivity index (χ2v) is 4.21. The smallest absolute Gasteiger partial charge is 0.327 e. The van der Waals surface area contributed by atoms with Crippen LogP contribution in [0.4, 0.5) is 0 Å². The number of hydrogen-bond acceptors (Lipinski definition) is 5. The number of nitrogens with two attached hydrogens (primary N) is 1. The first kappa shape index (κ1) is 12.4. The molecule has 0 aromatic carbocycles. The normalized spacial score (nSPS) is 27.7. The van der Waals surface area contributed by atoms with Crippen molar-refractivity contribution >= 4 is 5.97 Å². The maximum Gasteiger partial charge on any atom is 0.327 e. The molecular weight excluding hydrogens is 194 g/mol. The maximum absolute atomic E-state index is 11.1. The predicted molar refractivity (Wildman–Crippen MR) is 57.5 cm³/mol. The average Bonchev–Trinajstić information content (AvgIpc) is 2.17. The number of piperidine rings is 1. The minimum atomic E-state index is -0.303. The summed E-state index contributed by atoms with van der Waals surface area (Å²) in [5, 5.41) is 0. The van der Waals surface area contributed by atoms with E-state index >= 15 is 0 Å². The standard InChI is InChI=1S/C10H21N3O2/c1-8-4-3-5-9(2)13(8)7-6-10(14)15-12-11/h8-9,12H,3-7,11H2,1-2H3. The summed E-state index contributed by atoms with van der Waals surface area (Å²) < 4.78 is 0. The lowest BCUT2D eigenvalue weighted by Gasteiger charge is -2.38. The molecule has 0 bridgehead atoms. The van der Waals surface area contributed by atoms with Gasteiger partial charge < -0.3 is 4.84 Å². The van der Waals surface area contributed by atoms with Crippen molar-refractivity contribution in [2.24, 2.45) is 5.84 Å². The quantitative estimate of drug-likeness (QED) is 0.530. The van der Waals surface area contributed by atoms with Crippen molar-refractivity contribution < 1.29 is 9.63 Å². The zero-order valence-corrected chi connectivity index (χ0v) is 9.53. The van der Waals surface area contributed by atoms with Crippen LogP contribution in [-0.2, 0) is 9.63 Å². The molecule has 3 N–H and O–H groups in total. The van der Waals surface area contributed by atoms with E-state index < -0.39 is 0 Å². The van der Waals surface area contributed by atoms with Crippen LogP contribution in [0.2, 0.25) is 0 Å². The Bertz CT molecular complexity index is 201. The maximum atomic E-state index is 11.1. The van der Waals surface area contributed by atoms with Crippen LogP contribution in [0, 0.1) is 0 Å². The van der Waals surface area contributed by atoms with Gasteiger partial charge in [0.25, 0.3) is 0 Å². The van der Waals surface area contributed by atoms with Gasteiger partial charge in [0.05, 0.1) is 6.42 Å². The third-order valence-corrected chi connectivity index (χ3v) is 3.12. The Balaban J connectivity index is 2.32. The van der Waals surface area contributed by atoms with Crippen LogP contribution >= 0.6 is 0 Å². The number of likely N-dealkylation sites (tertiary alicyclic amines) is 1. The largest absolute Gasteiger partial charge is 0.356 e. The molecule has 2 atom stereocenters. The SMILES string of the molecule is CC1CCCC(C)N1CCC(=O)ONN. The molecule has 1 aliphatic heterocycles. The number of nitrogens with zero attached hydrogens (tertiary/aromatic N) is 1. The summed E-state index contributed by atoms with van der Waals surface area (Å²) in [5.74, 6) is 4.58.